The molecule has 156 valence electrons. The second-order valence-corrected chi connectivity index (χ2v) is 7.16. The molecule has 2 aromatic rings. The van der Waals surface area contributed by atoms with Crippen molar-refractivity contribution in [1.29, 1.82) is 0 Å². The molecular weight excluding hydrogens is 396 g/mol. The zero-order valence-corrected chi connectivity index (χ0v) is 16.7. The van der Waals surface area contributed by atoms with Crippen LogP contribution in [0.5, 0.6) is 5.75 Å². The zero-order chi connectivity index (χ0) is 20.8. The van der Waals surface area contributed by atoms with E-state index in [0.29, 0.717) is 19.6 Å². The summed E-state index contributed by atoms with van der Waals surface area (Å²) in [5, 5.41) is 15.7. The van der Waals surface area contributed by atoms with Gasteiger partial charge in [-0.3, -0.25) is 4.79 Å². The maximum Gasteiger partial charge on any atom is 0.273 e. The summed E-state index contributed by atoms with van der Waals surface area (Å²) >= 11 is 5.77. The van der Waals surface area contributed by atoms with Gasteiger partial charge in [0.25, 0.3) is 5.91 Å². The molecule has 0 aliphatic heterocycles. The van der Waals surface area contributed by atoms with Gasteiger partial charge in [-0.25, -0.2) is 9.97 Å². The highest BCUT2D eigenvalue weighted by molar-refractivity contribution is 6.31. The zero-order valence-electron chi connectivity index (χ0n) is 15.9. The summed E-state index contributed by atoms with van der Waals surface area (Å²) in [7, 11) is 0. The highest BCUT2D eigenvalue weighted by Crippen LogP contribution is 2.30. The molecule has 1 unspecified atom stereocenters. The van der Waals surface area contributed by atoms with Crippen LogP contribution in [0.15, 0.2) is 18.2 Å². The smallest absolute Gasteiger partial charge is 0.273 e. The van der Waals surface area contributed by atoms with Gasteiger partial charge in [-0.05, 0) is 36.5 Å². The van der Waals surface area contributed by atoms with E-state index in [0.717, 1.165) is 25.0 Å². The first-order valence-electron chi connectivity index (χ1n) is 9.44. The Morgan fingerprint density at radius 2 is 2.07 bits per heavy atom. The van der Waals surface area contributed by atoms with Crippen molar-refractivity contribution in [3.05, 3.63) is 40.2 Å². The lowest BCUT2D eigenvalue weighted by Crippen LogP contribution is -2.37. The van der Waals surface area contributed by atoms with Gasteiger partial charge in [-0.2, -0.15) is 0 Å². The highest BCUT2D eigenvalue weighted by atomic mass is 35.5. The number of nitrogen functional groups attached to an aromatic ring is 2. The molecule has 1 heterocycles. The number of nitrogens with two attached hydrogens (primary N) is 2. The van der Waals surface area contributed by atoms with Crippen molar-refractivity contribution in [1.82, 2.24) is 20.6 Å². The number of aliphatic hydroxyl groups is 1. The number of ether oxygens (including phenoxy) is 1. The van der Waals surface area contributed by atoms with Crippen LogP contribution < -0.4 is 26.8 Å². The number of aryl methyl sites for hydroxylation is 1. The van der Waals surface area contributed by atoms with E-state index in [4.69, 9.17) is 27.8 Å². The molecule has 0 bridgehead atoms. The summed E-state index contributed by atoms with van der Waals surface area (Å²) in [5.74, 6) is 0.240. The van der Waals surface area contributed by atoms with Crippen molar-refractivity contribution < 1.29 is 14.6 Å². The van der Waals surface area contributed by atoms with Gasteiger partial charge >= 0.3 is 0 Å². The normalized spacial score (nSPS) is 13.7. The van der Waals surface area contributed by atoms with Gasteiger partial charge in [0.05, 0.1) is 0 Å². The van der Waals surface area contributed by atoms with Crippen LogP contribution in [0.25, 0.3) is 0 Å². The molecule has 0 saturated carbocycles. The van der Waals surface area contributed by atoms with Gasteiger partial charge in [-0.15, -0.1) is 0 Å². The Balaban J connectivity index is 1.35. The molecule has 1 aromatic heterocycles. The van der Waals surface area contributed by atoms with Gasteiger partial charge in [0.1, 0.15) is 18.5 Å². The number of amides is 1. The van der Waals surface area contributed by atoms with Gasteiger partial charge < -0.3 is 31.9 Å². The second-order valence-electron chi connectivity index (χ2n) is 6.81. The number of halogens is 1. The number of fused-ring (bicyclic) bond motifs is 1. The maximum atomic E-state index is 12.1. The number of rotatable bonds is 9. The van der Waals surface area contributed by atoms with Crippen LogP contribution in [0, 0.1) is 0 Å². The molecule has 1 aliphatic carbocycles. The number of aromatic nitrogens is 2. The molecule has 0 radical (unpaired) electrons. The van der Waals surface area contributed by atoms with Crippen LogP contribution in [0.4, 0.5) is 11.6 Å². The Morgan fingerprint density at radius 3 is 2.90 bits per heavy atom. The molecule has 0 spiro atoms. The van der Waals surface area contributed by atoms with E-state index in [9.17, 15) is 9.90 Å². The molecule has 3 rings (SSSR count). The first-order chi connectivity index (χ1) is 14.0. The van der Waals surface area contributed by atoms with Crippen LogP contribution in [0.2, 0.25) is 5.15 Å². The van der Waals surface area contributed by atoms with Gasteiger partial charge in [0.15, 0.2) is 22.5 Å². The molecule has 7 N–H and O–H groups in total. The van der Waals surface area contributed by atoms with Crippen LogP contribution in [-0.2, 0) is 12.8 Å². The summed E-state index contributed by atoms with van der Waals surface area (Å²) < 4.78 is 5.79. The lowest BCUT2D eigenvalue weighted by Gasteiger charge is -2.15. The topological polar surface area (TPSA) is 148 Å². The Morgan fingerprint density at radius 1 is 1.24 bits per heavy atom. The third-order valence-electron chi connectivity index (χ3n) is 4.62. The molecule has 1 aliphatic rings. The minimum absolute atomic E-state index is 0.0287. The third kappa shape index (κ3) is 5.47. The van der Waals surface area contributed by atoms with Gasteiger partial charge in [0, 0.05) is 19.6 Å². The van der Waals surface area contributed by atoms with Crippen LogP contribution >= 0.6 is 11.6 Å². The summed E-state index contributed by atoms with van der Waals surface area (Å²) in [6.45, 7) is 1.29. The molecule has 0 saturated heterocycles. The molecule has 0 fully saturated rings. The summed E-state index contributed by atoms with van der Waals surface area (Å²) in [4.78, 5) is 19.7. The number of carbonyl (C=O) groups is 1. The van der Waals surface area contributed by atoms with Crippen molar-refractivity contribution in [2.45, 2.75) is 25.4 Å². The number of benzene rings is 1. The van der Waals surface area contributed by atoms with Crippen molar-refractivity contribution in [3.63, 3.8) is 0 Å². The molecule has 10 heteroatoms. The van der Waals surface area contributed by atoms with Crippen molar-refractivity contribution >= 4 is 29.1 Å². The van der Waals surface area contributed by atoms with E-state index in [1.807, 2.05) is 12.1 Å². The molecule has 9 nitrogen and oxygen atoms in total. The lowest BCUT2D eigenvalue weighted by atomic mass is 10.1. The van der Waals surface area contributed by atoms with Gasteiger partial charge in [0.2, 0.25) is 0 Å². The molecular formula is C19H25ClN6O3. The van der Waals surface area contributed by atoms with E-state index >= 15 is 0 Å². The van der Waals surface area contributed by atoms with Gasteiger partial charge in [-0.1, -0.05) is 23.7 Å². The Hall–Kier alpha value is -2.62. The summed E-state index contributed by atoms with van der Waals surface area (Å²) in [6, 6.07) is 6.05. The van der Waals surface area contributed by atoms with E-state index in [1.165, 1.54) is 11.1 Å². The Labute approximate surface area is 173 Å². The molecule has 1 atom stereocenters. The number of carbonyl (C=O) groups excluding carboxylic acids is 1. The average Bonchev–Trinajstić information content (AvgIpc) is 3.18. The number of nitrogens with one attached hydrogen (secondary N) is 2. The Kier molecular flexibility index (Phi) is 7.08. The number of nitrogens with zero attached hydrogens (tertiary/aromatic N) is 2. The van der Waals surface area contributed by atoms with Crippen LogP contribution in [-0.4, -0.2) is 53.3 Å². The summed E-state index contributed by atoms with van der Waals surface area (Å²) in [6.07, 6.45) is 2.58. The number of aliphatic hydroxyl groups excluding tert-OH is 1. The fourth-order valence-electron chi connectivity index (χ4n) is 3.19. The largest absolute Gasteiger partial charge is 0.491 e. The molecule has 29 heavy (non-hydrogen) atoms. The average molecular weight is 421 g/mol. The van der Waals surface area contributed by atoms with E-state index < -0.39 is 12.0 Å². The highest BCUT2D eigenvalue weighted by Gasteiger charge is 2.17. The first kappa shape index (κ1) is 21.1. The third-order valence-corrected chi connectivity index (χ3v) is 4.90. The number of hydrogen-bond donors (Lipinski definition) is 5. The lowest BCUT2D eigenvalue weighted by molar-refractivity contribution is 0.0946. The monoisotopic (exact) mass is 420 g/mol. The number of anilines is 2. The summed E-state index contributed by atoms with van der Waals surface area (Å²) in [5.41, 5.74) is 13.6. The Bertz CT molecular complexity index is 879. The van der Waals surface area contributed by atoms with Crippen molar-refractivity contribution in [2.24, 2.45) is 0 Å². The predicted octanol–water partition coefficient (Wildman–Crippen LogP) is 0.542. The second kappa shape index (κ2) is 9.73. The van der Waals surface area contributed by atoms with E-state index in [2.05, 4.69) is 26.7 Å². The molecule has 1 amide bonds. The molecule has 1 aromatic carbocycles. The fraction of sp³-hybridized carbons (Fsp3) is 0.421. The van der Waals surface area contributed by atoms with E-state index in [1.54, 1.807) is 0 Å². The maximum absolute atomic E-state index is 12.1. The SMILES string of the molecule is Nc1nc(N)c(C(=O)NCCNCC(O)COc2cccc3c2CCC3)nc1Cl. The first-order valence-corrected chi connectivity index (χ1v) is 9.82. The fourth-order valence-corrected chi connectivity index (χ4v) is 3.32. The van der Waals surface area contributed by atoms with Crippen LogP contribution in [0.3, 0.4) is 0 Å². The van der Waals surface area contributed by atoms with E-state index in [-0.39, 0.29) is 29.1 Å². The standard InChI is InChI=1S/C19H25ClN6O3/c20-16-18(22)26-17(21)15(25-16)19(28)24-8-7-23-9-12(27)10-29-14-6-2-4-11-3-1-5-13(11)14/h2,4,6,12,23,27H,1,3,5,7-10H2,(H,24,28)(H4,21,22,26). The quantitative estimate of drug-likeness (QED) is 0.369. The number of hydrogen-bond acceptors (Lipinski definition) is 8. The van der Waals surface area contributed by atoms with Crippen molar-refractivity contribution in [2.75, 3.05) is 37.7 Å². The minimum atomic E-state index is -0.666. The van der Waals surface area contributed by atoms with Crippen LogP contribution in [0.1, 0.15) is 28.0 Å². The van der Waals surface area contributed by atoms with Crippen molar-refractivity contribution in [3.8, 4) is 5.75 Å². The minimum Gasteiger partial charge on any atom is -0.491 e. The predicted molar refractivity (Wildman–Crippen MR) is 111 cm³/mol.